The van der Waals surface area contributed by atoms with Crippen LogP contribution in [0.15, 0.2) is 24.3 Å². The zero-order valence-electron chi connectivity index (χ0n) is 12.1. The first kappa shape index (κ1) is 14.4. The lowest BCUT2D eigenvalue weighted by molar-refractivity contribution is 0.185. The number of rotatable bonds is 6. The van der Waals surface area contributed by atoms with Crippen LogP contribution in [0.4, 0.5) is 5.69 Å². The Labute approximate surface area is 117 Å². The van der Waals surface area contributed by atoms with E-state index >= 15 is 0 Å². The minimum absolute atomic E-state index is 0.748. The van der Waals surface area contributed by atoms with Crippen LogP contribution in [0, 0.1) is 5.92 Å². The van der Waals surface area contributed by atoms with Gasteiger partial charge in [0.15, 0.2) is 0 Å². The summed E-state index contributed by atoms with van der Waals surface area (Å²) in [5.74, 6) is 0.908. The first-order valence-corrected chi connectivity index (χ1v) is 7.53. The Kier molecular flexibility index (Phi) is 5.67. The summed E-state index contributed by atoms with van der Waals surface area (Å²) in [7, 11) is 0. The minimum atomic E-state index is 0.748. The molecule has 0 aliphatic carbocycles. The van der Waals surface area contributed by atoms with Crippen LogP contribution < -0.4 is 11.1 Å². The second-order valence-electron chi connectivity index (χ2n) is 5.72. The molecular formula is C16H27N3. The van der Waals surface area contributed by atoms with E-state index in [1.807, 2.05) is 0 Å². The monoisotopic (exact) mass is 261 g/mol. The van der Waals surface area contributed by atoms with Crippen molar-refractivity contribution in [3.8, 4) is 0 Å². The summed E-state index contributed by atoms with van der Waals surface area (Å²) in [5, 5.41) is 3.39. The highest BCUT2D eigenvalue weighted by atomic mass is 15.1. The Bertz CT molecular complexity index is 353. The molecule has 1 fully saturated rings. The minimum Gasteiger partial charge on any atom is -0.385 e. The maximum Gasteiger partial charge on any atom is 0.0340 e. The Morgan fingerprint density at radius 1 is 1.21 bits per heavy atom. The van der Waals surface area contributed by atoms with Crippen LogP contribution in [0.2, 0.25) is 0 Å². The van der Waals surface area contributed by atoms with Gasteiger partial charge in [0.25, 0.3) is 0 Å². The van der Waals surface area contributed by atoms with Crippen LogP contribution >= 0.6 is 0 Å². The molecule has 3 nitrogen and oxygen atoms in total. The zero-order chi connectivity index (χ0) is 13.5. The number of nitrogens with two attached hydrogens (primary N) is 1. The van der Waals surface area contributed by atoms with Gasteiger partial charge in [-0.1, -0.05) is 19.1 Å². The van der Waals surface area contributed by atoms with Crippen LogP contribution in [-0.2, 0) is 6.54 Å². The van der Waals surface area contributed by atoms with E-state index in [4.69, 9.17) is 5.73 Å². The number of hydrogen-bond acceptors (Lipinski definition) is 3. The van der Waals surface area contributed by atoms with E-state index in [9.17, 15) is 0 Å². The van der Waals surface area contributed by atoms with Gasteiger partial charge in [0.2, 0.25) is 0 Å². The Morgan fingerprint density at radius 2 is 1.89 bits per heavy atom. The van der Waals surface area contributed by atoms with Crippen molar-refractivity contribution in [3.63, 3.8) is 0 Å². The highest BCUT2D eigenvalue weighted by molar-refractivity contribution is 5.44. The van der Waals surface area contributed by atoms with Crippen molar-refractivity contribution in [1.82, 2.24) is 4.90 Å². The molecule has 0 bridgehead atoms. The van der Waals surface area contributed by atoms with Gasteiger partial charge in [-0.2, -0.15) is 0 Å². The average Bonchev–Trinajstić information content (AvgIpc) is 2.44. The summed E-state index contributed by atoms with van der Waals surface area (Å²) in [6, 6.07) is 8.84. The van der Waals surface area contributed by atoms with Crippen LogP contribution in [0.25, 0.3) is 0 Å². The molecule has 0 amide bonds. The fourth-order valence-electron chi connectivity index (χ4n) is 2.54. The lowest BCUT2D eigenvalue weighted by atomic mass is 9.99. The second kappa shape index (κ2) is 7.51. The van der Waals surface area contributed by atoms with Gasteiger partial charge < -0.3 is 11.1 Å². The first-order valence-electron chi connectivity index (χ1n) is 7.53. The third kappa shape index (κ3) is 4.84. The van der Waals surface area contributed by atoms with Gasteiger partial charge in [-0.15, -0.1) is 0 Å². The van der Waals surface area contributed by atoms with E-state index in [0.717, 1.165) is 32.0 Å². The standard InChI is InChI=1S/C16H27N3/c1-14-7-11-19(12-8-14)13-15-3-5-16(6-4-15)18-10-2-9-17/h3-6,14,18H,2,7-13,17H2,1H3. The number of benzene rings is 1. The molecule has 1 saturated heterocycles. The maximum absolute atomic E-state index is 5.49. The highest BCUT2D eigenvalue weighted by Crippen LogP contribution is 2.18. The van der Waals surface area contributed by atoms with Crippen molar-refractivity contribution in [1.29, 1.82) is 0 Å². The normalized spacial score (nSPS) is 17.6. The molecule has 2 rings (SSSR count). The molecule has 0 radical (unpaired) electrons. The summed E-state index contributed by atoms with van der Waals surface area (Å²) in [5.41, 5.74) is 8.10. The third-order valence-corrected chi connectivity index (χ3v) is 3.95. The molecule has 0 atom stereocenters. The Hall–Kier alpha value is -1.06. The zero-order valence-corrected chi connectivity index (χ0v) is 12.1. The van der Waals surface area contributed by atoms with E-state index in [1.54, 1.807) is 0 Å². The predicted molar refractivity (Wildman–Crippen MR) is 82.3 cm³/mol. The van der Waals surface area contributed by atoms with Crippen molar-refractivity contribution in [3.05, 3.63) is 29.8 Å². The van der Waals surface area contributed by atoms with Crippen molar-refractivity contribution in [2.45, 2.75) is 32.7 Å². The fourth-order valence-corrected chi connectivity index (χ4v) is 2.54. The lowest BCUT2D eigenvalue weighted by Gasteiger charge is -2.30. The Balaban J connectivity index is 1.78. The molecule has 1 aromatic carbocycles. The molecule has 19 heavy (non-hydrogen) atoms. The SMILES string of the molecule is CC1CCN(Cc2ccc(NCCCN)cc2)CC1. The third-order valence-electron chi connectivity index (χ3n) is 3.95. The maximum atomic E-state index is 5.49. The van der Waals surface area contributed by atoms with Gasteiger partial charge in [-0.05, 0) is 62.5 Å². The number of hydrogen-bond donors (Lipinski definition) is 2. The van der Waals surface area contributed by atoms with Crippen molar-refractivity contribution < 1.29 is 0 Å². The molecule has 1 aliphatic rings. The molecule has 0 saturated carbocycles. The molecule has 3 N–H and O–H groups in total. The van der Waals surface area contributed by atoms with Crippen molar-refractivity contribution in [2.24, 2.45) is 11.7 Å². The summed E-state index contributed by atoms with van der Waals surface area (Å²) >= 11 is 0. The van der Waals surface area contributed by atoms with Gasteiger partial charge in [0, 0.05) is 18.8 Å². The number of likely N-dealkylation sites (tertiary alicyclic amines) is 1. The summed E-state index contributed by atoms with van der Waals surface area (Å²) in [4.78, 5) is 2.57. The van der Waals surface area contributed by atoms with Gasteiger partial charge in [-0.25, -0.2) is 0 Å². The van der Waals surface area contributed by atoms with Crippen molar-refractivity contribution in [2.75, 3.05) is 31.5 Å². The molecule has 0 aromatic heterocycles. The quantitative estimate of drug-likeness (QED) is 0.774. The predicted octanol–water partition coefficient (Wildman–Crippen LogP) is 2.68. The molecule has 1 aliphatic heterocycles. The molecule has 1 heterocycles. The van der Waals surface area contributed by atoms with E-state index < -0.39 is 0 Å². The van der Waals surface area contributed by atoms with Crippen LogP contribution in [0.3, 0.4) is 0 Å². The summed E-state index contributed by atoms with van der Waals surface area (Å²) in [6.07, 6.45) is 3.71. The molecule has 0 spiro atoms. The largest absolute Gasteiger partial charge is 0.385 e. The van der Waals surface area contributed by atoms with Crippen molar-refractivity contribution >= 4 is 5.69 Å². The van der Waals surface area contributed by atoms with E-state index in [1.165, 1.54) is 37.2 Å². The van der Waals surface area contributed by atoms with Crippen LogP contribution in [-0.4, -0.2) is 31.1 Å². The Morgan fingerprint density at radius 3 is 2.53 bits per heavy atom. The smallest absolute Gasteiger partial charge is 0.0340 e. The molecule has 0 unspecified atom stereocenters. The molecule has 106 valence electrons. The van der Waals surface area contributed by atoms with Crippen LogP contribution in [0.5, 0.6) is 0 Å². The van der Waals surface area contributed by atoms with E-state index in [0.29, 0.717) is 0 Å². The number of nitrogens with one attached hydrogen (secondary N) is 1. The summed E-state index contributed by atoms with van der Waals surface area (Å²) < 4.78 is 0. The average molecular weight is 261 g/mol. The van der Waals surface area contributed by atoms with Crippen LogP contribution in [0.1, 0.15) is 31.7 Å². The van der Waals surface area contributed by atoms with Gasteiger partial charge in [0.05, 0.1) is 0 Å². The van der Waals surface area contributed by atoms with E-state index in [2.05, 4.69) is 41.4 Å². The van der Waals surface area contributed by atoms with Gasteiger partial charge in [-0.3, -0.25) is 4.90 Å². The summed E-state index contributed by atoms with van der Waals surface area (Å²) in [6.45, 7) is 7.66. The highest BCUT2D eigenvalue weighted by Gasteiger charge is 2.15. The molecule has 3 heteroatoms. The molecule has 1 aromatic rings. The number of anilines is 1. The number of nitrogens with zero attached hydrogens (tertiary/aromatic N) is 1. The lowest BCUT2D eigenvalue weighted by Crippen LogP contribution is -2.32. The number of piperidine rings is 1. The molecular weight excluding hydrogens is 234 g/mol. The fraction of sp³-hybridized carbons (Fsp3) is 0.625. The van der Waals surface area contributed by atoms with Gasteiger partial charge in [0.1, 0.15) is 0 Å². The second-order valence-corrected chi connectivity index (χ2v) is 5.72. The first-order chi connectivity index (χ1) is 9.28. The van der Waals surface area contributed by atoms with E-state index in [-0.39, 0.29) is 0 Å². The topological polar surface area (TPSA) is 41.3 Å². The van der Waals surface area contributed by atoms with Gasteiger partial charge >= 0.3 is 0 Å².